The van der Waals surface area contributed by atoms with Gasteiger partial charge in [-0.25, -0.2) is 4.98 Å². The first-order valence-electron chi connectivity index (χ1n) is 3.48. The van der Waals surface area contributed by atoms with E-state index in [4.69, 9.17) is 4.74 Å². The molecule has 1 rings (SSSR count). The molecule has 3 heteroatoms. The number of hydrogen-bond acceptors (Lipinski definition) is 3. The van der Waals surface area contributed by atoms with Crippen LogP contribution in [0, 0.1) is 6.92 Å². The topological polar surface area (TPSA) is 22.1 Å². The predicted octanol–water partition coefficient (Wildman–Crippen LogP) is 2.46. The number of rotatable bonds is 3. The van der Waals surface area contributed by atoms with Gasteiger partial charge in [0.15, 0.2) is 5.01 Å². The van der Waals surface area contributed by atoms with Crippen LogP contribution in [0.5, 0.6) is 0 Å². The van der Waals surface area contributed by atoms with Gasteiger partial charge in [-0.15, -0.1) is 11.3 Å². The number of aryl methyl sites for hydroxylation is 1. The maximum atomic E-state index is 5.19. The fourth-order valence-electron chi connectivity index (χ4n) is 0.718. The standard InChI is InChI=1S/C8H11NOS/c1-4-10-7(3)8-9-6(2)5-11-8/h5H,3-4H2,1-2H3. The molecule has 0 N–H and O–H groups in total. The van der Waals surface area contributed by atoms with Gasteiger partial charge in [-0.2, -0.15) is 0 Å². The van der Waals surface area contributed by atoms with Crippen LogP contribution in [0.15, 0.2) is 12.0 Å². The Hall–Kier alpha value is -0.830. The van der Waals surface area contributed by atoms with E-state index in [1.807, 2.05) is 19.2 Å². The molecule has 0 amide bonds. The van der Waals surface area contributed by atoms with E-state index in [2.05, 4.69) is 11.6 Å². The highest BCUT2D eigenvalue weighted by Gasteiger charge is 2.02. The van der Waals surface area contributed by atoms with Crippen LogP contribution in [0.25, 0.3) is 5.76 Å². The molecule has 1 heterocycles. The number of aromatic nitrogens is 1. The maximum absolute atomic E-state index is 5.19. The Labute approximate surface area is 70.5 Å². The number of ether oxygens (including phenoxy) is 1. The molecule has 0 aliphatic carbocycles. The number of nitrogens with zero attached hydrogens (tertiary/aromatic N) is 1. The first-order valence-corrected chi connectivity index (χ1v) is 4.36. The van der Waals surface area contributed by atoms with Gasteiger partial charge in [0.1, 0.15) is 5.76 Å². The Bertz CT molecular complexity index is 254. The van der Waals surface area contributed by atoms with Crippen LogP contribution in [0.4, 0.5) is 0 Å². The number of thiazole rings is 1. The van der Waals surface area contributed by atoms with Crippen LogP contribution in [0.1, 0.15) is 17.6 Å². The summed E-state index contributed by atoms with van der Waals surface area (Å²) in [6, 6.07) is 0. The predicted molar refractivity (Wildman–Crippen MR) is 47.5 cm³/mol. The Morgan fingerprint density at radius 3 is 3.00 bits per heavy atom. The molecule has 0 spiro atoms. The van der Waals surface area contributed by atoms with Gasteiger partial charge in [0.25, 0.3) is 0 Å². The van der Waals surface area contributed by atoms with Gasteiger partial charge in [-0.05, 0) is 13.8 Å². The third kappa shape index (κ3) is 2.05. The van der Waals surface area contributed by atoms with Crippen molar-refractivity contribution in [2.24, 2.45) is 0 Å². The highest BCUT2D eigenvalue weighted by Crippen LogP contribution is 2.17. The van der Waals surface area contributed by atoms with Gasteiger partial charge in [-0.1, -0.05) is 6.58 Å². The van der Waals surface area contributed by atoms with Crippen LogP contribution in [0.2, 0.25) is 0 Å². The third-order valence-corrected chi connectivity index (χ3v) is 2.18. The van der Waals surface area contributed by atoms with Crippen molar-refractivity contribution in [1.29, 1.82) is 0 Å². The summed E-state index contributed by atoms with van der Waals surface area (Å²) in [5.41, 5.74) is 1.02. The van der Waals surface area contributed by atoms with E-state index in [-0.39, 0.29) is 0 Å². The second-order valence-electron chi connectivity index (χ2n) is 2.15. The first kappa shape index (κ1) is 8.27. The zero-order valence-corrected chi connectivity index (χ0v) is 7.57. The van der Waals surface area contributed by atoms with Crippen LogP contribution in [-0.2, 0) is 4.74 Å². The minimum atomic E-state index is 0.650. The van der Waals surface area contributed by atoms with E-state index in [9.17, 15) is 0 Å². The molecular weight excluding hydrogens is 158 g/mol. The molecule has 0 saturated heterocycles. The lowest BCUT2D eigenvalue weighted by Gasteiger charge is -2.01. The SMILES string of the molecule is C=C(OCC)c1nc(C)cs1. The van der Waals surface area contributed by atoms with E-state index in [0.29, 0.717) is 12.4 Å². The minimum absolute atomic E-state index is 0.650. The van der Waals surface area contributed by atoms with Crippen LogP contribution < -0.4 is 0 Å². The summed E-state index contributed by atoms with van der Waals surface area (Å²) in [6.45, 7) is 8.30. The lowest BCUT2D eigenvalue weighted by atomic mass is 10.5. The summed E-state index contributed by atoms with van der Waals surface area (Å²) in [7, 11) is 0. The number of hydrogen-bond donors (Lipinski definition) is 0. The second kappa shape index (κ2) is 3.53. The van der Waals surface area contributed by atoms with Crippen molar-refractivity contribution in [3.63, 3.8) is 0 Å². The molecule has 0 aliphatic heterocycles. The smallest absolute Gasteiger partial charge is 0.157 e. The van der Waals surface area contributed by atoms with E-state index in [1.54, 1.807) is 11.3 Å². The second-order valence-corrected chi connectivity index (χ2v) is 3.01. The van der Waals surface area contributed by atoms with E-state index >= 15 is 0 Å². The fraction of sp³-hybridized carbons (Fsp3) is 0.375. The minimum Gasteiger partial charge on any atom is -0.491 e. The summed E-state index contributed by atoms with van der Waals surface area (Å²) in [5, 5.41) is 2.86. The highest BCUT2D eigenvalue weighted by atomic mass is 32.1. The first-order chi connectivity index (χ1) is 5.24. The molecule has 1 aromatic rings. The molecule has 1 aromatic heterocycles. The van der Waals surface area contributed by atoms with Gasteiger partial charge < -0.3 is 4.74 Å². The lowest BCUT2D eigenvalue weighted by Crippen LogP contribution is -1.88. The molecule has 0 atom stereocenters. The van der Waals surface area contributed by atoms with Gasteiger partial charge in [-0.3, -0.25) is 0 Å². The summed E-state index contributed by atoms with van der Waals surface area (Å²) >= 11 is 1.56. The Balaban J connectivity index is 2.69. The summed E-state index contributed by atoms with van der Waals surface area (Å²) in [6.07, 6.45) is 0. The van der Waals surface area contributed by atoms with Gasteiger partial charge in [0, 0.05) is 11.1 Å². The molecule has 2 nitrogen and oxygen atoms in total. The lowest BCUT2D eigenvalue weighted by molar-refractivity contribution is 0.299. The molecule has 60 valence electrons. The van der Waals surface area contributed by atoms with Crippen molar-refractivity contribution in [3.05, 3.63) is 22.7 Å². The van der Waals surface area contributed by atoms with E-state index < -0.39 is 0 Å². The van der Waals surface area contributed by atoms with Gasteiger partial charge in [0.05, 0.1) is 6.61 Å². The summed E-state index contributed by atoms with van der Waals surface area (Å²) < 4.78 is 5.19. The zero-order valence-electron chi connectivity index (χ0n) is 6.76. The van der Waals surface area contributed by atoms with Crippen molar-refractivity contribution >= 4 is 17.1 Å². The summed E-state index contributed by atoms with van der Waals surface area (Å²) in [4.78, 5) is 4.22. The van der Waals surface area contributed by atoms with Crippen molar-refractivity contribution in [3.8, 4) is 0 Å². The molecule has 0 aliphatic rings. The molecule has 0 radical (unpaired) electrons. The van der Waals surface area contributed by atoms with E-state index in [0.717, 1.165) is 10.7 Å². The monoisotopic (exact) mass is 169 g/mol. The van der Waals surface area contributed by atoms with Crippen molar-refractivity contribution in [1.82, 2.24) is 4.98 Å². The largest absolute Gasteiger partial charge is 0.491 e. The third-order valence-electron chi connectivity index (χ3n) is 1.18. The van der Waals surface area contributed by atoms with Crippen molar-refractivity contribution in [2.45, 2.75) is 13.8 Å². The highest BCUT2D eigenvalue weighted by molar-refractivity contribution is 7.10. The average molecular weight is 169 g/mol. The van der Waals surface area contributed by atoms with Gasteiger partial charge in [0.2, 0.25) is 0 Å². The molecular formula is C8H11NOS. The Morgan fingerprint density at radius 2 is 2.55 bits per heavy atom. The zero-order chi connectivity index (χ0) is 8.27. The molecule has 0 bridgehead atoms. The fourth-order valence-corrected chi connectivity index (χ4v) is 1.44. The van der Waals surface area contributed by atoms with Crippen molar-refractivity contribution < 1.29 is 4.74 Å². The Kier molecular flexibility index (Phi) is 2.65. The molecule has 0 aromatic carbocycles. The quantitative estimate of drug-likeness (QED) is 0.648. The Morgan fingerprint density at radius 1 is 1.82 bits per heavy atom. The average Bonchev–Trinajstić information content (AvgIpc) is 2.36. The molecule has 0 saturated carbocycles. The molecule has 0 unspecified atom stereocenters. The van der Waals surface area contributed by atoms with Crippen LogP contribution >= 0.6 is 11.3 Å². The molecule has 0 fully saturated rings. The van der Waals surface area contributed by atoms with E-state index in [1.165, 1.54) is 0 Å². The van der Waals surface area contributed by atoms with Gasteiger partial charge >= 0.3 is 0 Å². The van der Waals surface area contributed by atoms with Crippen LogP contribution in [-0.4, -0.2) is 11.6 Å². The maximum Gasteiger partial charge on any atom is 0.157 e. The normalized spacial score (nSPS) is 9.64. The van der Waals surface area contributed by atoms with Crippen LogP contribution in [0.3, 0.4) is 0 Å². The van der Waals surface area contributed by atoms with Crippen molar-refractivity contribution in [2.75, 3.05) is 6.61 Å². The molecule has 11 heavy (non-hydrogen) atoms. The summed E-state index contributed by atoms with van der Waals surface area (Å²) in [5.74, 6) is 0.672.